The Bertz CT molecular complexity index is 531. The van der Waals surface area contributed by atoms with Gasteiger partial charge in [0.25, 0.3) is 0 Å². The number of hydrogen-bond donors (Lipinski definition) is 2. The van der Waals surface area contributed by atoms with Gasteiger partial charge in [0.2, 0.25) is 0 Å². The summed E-state index contributed by atoms with van der Waals surface area (Å²) in [6, 6.07) is 5.99. The second-order valence-corrected chi connectivity index (χ2v) is 6.56. The van der Waals surface area contributed by atoms with Crippen molar-refractivity contribution in [3.8, 4) is 0 Å². The number of nitrogens with one attached hydrogen (secondary N) is 1. The van der Waals surface area contributed by atoms with E-state index in [1.165, 1.54) is 5.56 Å². The van der Waals surface area contributed by atoms with Crippen molar-refractivity contribution < 1.29 is 9.90 Å². The fourth-order valence-electron chi connectivity index (χ4n) is 2.85. The van der Waals surface area contributed by atoms with Crippen LogP contribution >= 0.6 is 11.6 Å². The SMILES string of the molecule is Cc1ccc(Cl)cc1N1CCN(C(=O)NC(C)CCCO)CC1. The molecule has 1 saturated heterocycles. The van der Waals surface area contributed by atoms with E-state index in [-0.39, 0.29) is 18.7 Å². The van der Waals surface area contributed by atoms with Crippen LogP contribution in [0.15, 0.2) is 18.2 Å². The molecule has 5 nitrogen and oxygen atoms in total. The van der Waals surface area contributed by atoms with E-state index in [1.54, 1.807) is 0 Å². The highest BCUT2D eigenvalue weighted by molar-refractivity contribution is 6.30. The van der Waals surface area contributed by atoms with E-state index >= 15 is 0 Å². The first-order valence-corrected chi connectivity index (χ1v) is 8.56. The van der Waals surface area contributed by atoms with Crippen molar-refractivity contribution in [2.24, 2.45) is 0 Å². The van der Waals surface area contributed by atoms with Crippen molar-refractivity contribution >= 4 is 23.3 Å². The average Bonchev–Trinajstić information content (AvgIpc) is 2.55. The number of carbonyl (C=O) groups is 1. The lowest BCUT2D eigenvalue weighted by Crippen LogP contribution is -2.53. The van der Waals surface area contributed by atoms with Crippen LogP contribution in [-0.2, 0) is 0 Å². The molecule has 0 spiro atoms. The Morgan fingerprint density at radius 3 is 2.70 bits per heavy atom. The molecule has 23 heavy (non-hydrogen) atoms. The Kier molecular flexibility index (Phi) is 6.54. The predicted octanol–water partition coefficient (Wildman–Crippen LogP) is 2.64. The molecule has 1 heterocycles. The zero-order valence-electron chi connectivity index (χ0n) is 13.9. The molecule has 1 fully saturated rings. The number of aliphatic hydroxyl groups excluding tert-OH is 1. The molecule has 1 aromatic rings. The van der Waals surface area contributed by atoms with Gasteiger partial charge >= 0.3 is 6.03 Å². The first kappa shape index (κ1) is 17.9. The van der Waals surface area contributed by atoms with Crippen molar-refractivity contribution in [3.05, 3.63) is 28.8 Å². The highest BCUT2D eigenvalue weighted by Gasteiger charge is 2.22. The molecular weight excluding hydrogens is 314 g/mol. The molecule has 2 amide bonds. The highest BCUT2D eigenvalue weighted by Crippen LogP contribution is 2.25. The molecule has 0 radical (unpaired) electrons. The zero-order valence-corrected chi connectivity index (χ0v) is 14.6. The van der Waals surface area contributed by atoms with Gasteiger partial charge in [0.15, 0.2) is 0 Å². The zero-order chi connectivity index (χ0) is 16.8. The van der Waals surface area contributed by atoms with Crippen LogP contribution in [0.1, 0.15) is 25.3 Å². The summed E-state index contributed by atoms with van der Waals surface area (Å²) in [5, 5.41) is 12.6. The number of carbonyl (C=O) groups excluding carboxylic acids is 1. The highest BCUT2D eigenvalue weighted by atomic mass is 35.5. The van der Waals surface area contributed by atoms with Crippen LogP contribution in [0, 0.1) is 6.92 Å². The second-order valence-electron chi connectivity index (χ2n) is 6.12. The second kappa shape index (κ2) is 8.41. The number of urea groups is 1. The summed E-state index contributed by atoms with van der Waals surface area (Å²) >= 11 is 6.10. The summed E-state index contributed by atoms with van der Waals surface area (Å²) in [4.78, 5) is 16.4. The number of amides is 2. The molecule has 6 heteroatoms. The number of hydrogen-bond acceptors (Lipinski definition) is 3. The van der Waals surface area contributed by atoms with E-state index in [0.29, 0.717) is 19.5 Å². The van der Waals surface area contributed by atoms with Gasteiger partial charge in [0, 0.05) is 49.5 Å². The van der Waals surface area contributed by atoms with E-state index in [2.05, 4.69) is 17.1 Å². The van der Waals surface area contributed by atoms with Gasteiger partial charge in [0.1, 0.15) is 0 Å². The van der Waals surface area contributed by atoms with Gasteiger partial charge in [0.05, 0.1) is 0 Å². The number of halogens is 1. The third-order valence-corrected chi connectivity index (χ3v) is 4.48. The standard InChI is InChI=1S/C17H26ClN3O2/c1-13-5-6-15(18)12-16(13)20-7-9-21(10-8-20)17(23)19-14(2)4-3-11-22/h5-6,12,14,22H,3-4,7-11H2,1-2H3,(H,19,23). The maximum Gasteiger partial charge on any atom is 0.317 e. The number of nitrogens with zero attached hydrogens (tertiary/aromatic N) is 2. The lowest BCUT2D eigenvalue weighted by Gasteiger charge is -2.37. The molecule has 1 atom stereocenters. The fourth-order valence-corrected chi connectivity index (χ4v) is 3.01. The van der Waals surface area contributed by atoms with Crippen LogP contribution < -0.4 is 10.2 Å². The molecule has 2 N–H and O–H groups in total. The Labute approximate surface area is 143 Å². The minimum Gasteiger partial charge on any atom is -0.396 e. The van der Waals surface area contributed by atoms with Crippen LogP contribution in [0.3, 0.4) is 0 Å². The maximum absolute atomic E-state index is 12.2. The minimum atomic E-state index is -0.0158. The van der Waals surface area contributed by atoms with Gasteiger partial charge in [-0.3, -0.25) is 0 Å². The van der Waals surface area contributed by atoms with E-state index in [1.807, 2.05) is 30.0 Å². The molecule has 0 aromatic heterocycles. The molecule has 1 aromatic carbocycles. The van der Waals surface area contributed by atoms with Crippen LogP contribution in [0.25, 0.3) is 0 Å². The molecule has 0 aliphatic carbocycles. The summed E-state index contributed by atoms with van der Waals surface area (Å²) in [7, 11) is 0. The summed E-state index contributed by atoms with van der Waals surface area (Å²) in [6.45, 7) is 7.22. The number of rotatable bonds is 5. The van der Waals surface area contributed by atoms with Gasteiger partial charge in [-0.25, -0.2) is 4.79 Å². The maximum atomic E-state index is 12.2. The monoisotopic (exact) mass is 339 g/mol. The summed E-state index contributed by atoms with van der Waals surface area (Å²) < 4.78 is 0. The van der Waals surface area contributed by atoms with Crippen LogP contribution in [0.5, 0.6) is 0 Å². The van der Waals surface area contributed by atoms with Crippen LogP contribution in [-0.4, -0.2) is 54.9 Å². The molecule has 1 unspecified atom stereocenters. The Hall–Kier alpha value is -1.46. The summed E-state index contributed by atoms with van der Waals surface area (Å²) in [6.07, 6.45) is 1.51. The molecule has 2 rings (SSSR count). The lowest BCUT2D eigenvalue weighted by atomic mass is 10.1. The van der Waals surface area contributed by atoms with Crippen molar-refractivity contribution in [1.82, 2.24) is 10.2 Å². The Morgan fingerprint density at radius 1 is 1.35 bits per heavy atom. The first-order chi connectivity index (χ1) is 11.0. The van der Waals surface area contributed by atoms with Gasteiger partial charge in [-0.05, 0) is 44.4 Å². The predicted molar refractivity (Wildman–Crippen MR) is 94.3 cm³/mol. The summed E-state index contributed by atoms with van der Waals surface area (Å²) in [5.41, 5.74) is 2.35. The third kappa shape index (κ3) is 5.01. The van der Waals surface area contributed by atoms with E-state index in [0.717, 1.165) is 30.2 Å². The topological polar surface area (TPSA) is 55.8 Å². The van der Waals surface area contributed by atoms with Crippen molar-refractivity contribution in [1.29, 1.82) is 0 Å². The third-order valence-electron chi connectivity index (χ3n) is 4.24. The van der Waals surface area contributed by atoms with Crippen molar-refractivity contribution in [3.63, 3.8) is 0 Å². The number of aryl methyl sites for hydroxylation is 1. The number of aliphatic hydroxyl groups is 1. The largest absolute Gasteiger partial charge is 0.396 e. The lowest BCUT2D eigenvalue weighted by molar-refractivity contribution is 0.189. The molecule has 128 valence electrons. The fraction of sp³-hybridized carbons (Fsp3) is 0.588. The molecule has 1 aliphatic rings. The minimum absolute atomic E-state index is 0.0158. The number of piperazine rings is 1. The van der Waals surface area contributed by atoms with Crippen molar-refractivity contribution in [2.45, 2.75) is 32.7 Å². The molecular formula is C17H26ClN3O2. The molecule has 1 aliphatic heterocycles. The molecule has 0 saturated carbocycles. The number of benzene rings is 1. The van der Waals surface area contributed by atoms with Crippen molar-refractivity contribution in [2.75, 3.05) is 37.7 Å². The number of anilines is 1. The first-order valence-electron chi connectivity index (χ1n) is 8.18. The van der Waals surface area contributed by atoms with E-state index < -0.39 is 0 Å². The van der Waals surface area contributed by atoms with Gasteiger partial charge in [-0.1, -0.05) is 17.7 Å². The van der Waals surface area contributed by atoms with Crippen LogP contribution in [0.4, 0.5) is 10.5 Å². The normalized spacial score (nSPS) is 16.3. The van der Waals surface area contributed by atoms with E-state index in [4.69, 9.17) is 16.7 Å². The Morgan fingerprint density at radius 2 is 2.04 bits per heavy atom. The smallest absolute Gasteiger partial charge is 0.317 e. The molecule has 0 bridgehead atoms. The van der Waals surface area contributed by atoms with Gasteiger partial charge < -0.3 is 20.2 Å². The Balaban J connectivity index is 1.86. The van der Waals surface area contributed by atoms with Gasteiger partial charge in [-0.15, -0.1) is 0 Å². The summed E-state index contributed by atoms with van der Waals surface area (Å²) in [5.74, 6) is 0. The van der Waals surface area contributed by atoms with E-state index in [9.17, 15) is 4.79 Å². The quantitative estimate of drug-likeness (QED) is 0.867. The average molecular weight is 340 g/mol. The van der Waals surface area contributed by atoms with Crippen LogP contribution in [0.2, 0.25) is 5.02 Å². The van der Waals surface area contributed by atoms with Gasteiger partial charge in [-0.2, -0.15) is 0 Å².